The maximum atomic E-state index is 12.1. The minimum Gasteiger partial charge on any atom is -0.462 e. The van der Waals surface area contributed by atoms with E-state index in [0.717, 1.165) is 11.5 Å². The molecule has 1 aliphatic carbocycles. The van der Waals surface area contributed by atoms with Gasteiger partial charge in [0.05, 0.1) is 12.3 Å². The van der Waals surface area contributed by atoms with Crippen molar-refractivity contribution in [2.75, 3.05) is 30.8 Å². The molecule has 2 rings (SSSR count). The molecule has 0 atom stereocenters. The number of thiophene rings is 1. The predicted molar refractivity (Wildman–Crippen MR) is 84.6 cm³/mol. The summed E-state index contributed by atoms with van der Waals surface area (Å²) in [5.74, 6) is 0.208. The molecule has 1 aromatic heterocycles. The van der Waals surface area contributed by atoms with E-state index < -0.39 is 5.97 Å². The third kappa shape index (κ3) is 3.30. The molecular weight excluding hydrogens is 286 g/mol. The van der Waals surface area contributed by atoms with Gasteiger partial charge in [-0.3, -0.25) is 0 Å². The van der Waals surface area contributed by atoms with Gasteiger partial charge in [0.25, 0.3) is 0 Å². The molecule has 1 fully saturated rings. The molecule has 1 aromatic rings. The van der Waals surface area contributed by atoms with E-state index in [-0.39, 0.29) is 5.69 Å². The molecule has 2 N–H and O–H groups in total. The molecular formula is C15H21N3O2S. The Morgan fingerprint density at radius 1 is 1.52 bits per heavy atom. The summed E-state index contributed by atoms with van der Waals surface area (Å²) >= 11 is 1.27. The smallest absolute Gasteiger partial charge is 0.343 e. The van der Waals surface area contributed by atoms with Crippen LogP contribution in [0, 0.1) is 17.2 Å². The lowest BCUT2D eigenvalue weighted by atomic mass is 10.1. The highest BCUT2D eigenvalue weighted by Crippen LogP contribution is 2.39. The molecule has 1 saturated carbocycles. The van der Waals surface area contributed by atoms with Gasteiger partial charge in [-0.05, 0) is 25.7 Å². The zero-order chi connectivity index (χ0) is 15.4. The second kappa shape index (κ2) is 6.81. The molecule has 0 aliphatic heterocycles. The topological polar surface area (TPSA) is 79.3 Å². The van der Waals surface area contributed by atoms with Crippen LogP contribution in [0.15, 0.2) is 0 Å². The Morgan fingerprint density at radius 3 is 2.76 bits per heavy atom. The van der Waals surface area contributed by atoms with Crippen LogP contribution in [0.5, 0.6) is 0 Å². The maximum absolute atomic E-state index is 12.1. The summed E-state index contributed by atoms with van der Waals surface area (Å²) in [6, 6.07) is 2.06. The Hall–Kier alpha value is -1.74. The first-order valence-corrected chi connectivity index (χ1v) is 8.10. The second-order valence-electron chi connectivity index (χ2n) is 5.39. The number of nitrogens with two attached hydrogens (primary N) is 1. The Bertz CT molecular complexity index is 556. The fourth-order valence-corrected chi connectivity index (χ4v) is 3.82. The molecule has 6 heteroatoms. The summed E-state index contributed by atoms with van der Waals surface area (Å²) in [7, 11) is 1.95. The number of hydrogen-bond donors (Lipinski definition) is 1. The maximum Gasteiger partial charge on any atom is 0.343 e. The monoisotopic (exact) mass is 307 g/mol. The van der Waals surface area contributed by atoms with E-state index in [9.17, 15) is 4.79 Å². The molecule has 0 amide bonds. The normalized spacial score (nSPS) is 14.9. The van der Waals surface area contributed by atoms with Crippen molar-refractivity contribution in [2.24, 2.45) is 5.92 Å². The standard InChI is InChI=1S/C15H21N3O2S/c1-3-20-15(19)12-13(17)11(8-16)21-14(12)18(2)9-10-6-4-5-7-10/h10H,3-7,9,17H2,1-2H3. The van der Waals surface area contributed by atoms with Crippen molar-refractivity contribution < 1.29 is 9.53 Å². The van der Waals surface area contributed by atoms with Crippen molar-refractivity contribution in [1.29, 1.82) is 5.26 Å². The number of nitriles is 1. The number of nitrogens with zero attached hydrogens (tertiary/aromatic N) is 2. The van der Waals surface area contributed by atoms with Crippen LogP contribution < -0.4 is 10.6 Å². The van der Waals surface area contributed by atoms with Gasteiger partial charge in [0.15, 0.2) is 0 Å². The highest BCUT2D eigenvalue weighted by Gasteiger charge is 2.27. The number of rotatable bonds is 5. The van der Waals surface area contributed by atoms with Crippen LogP contribution in [0.25, 0.3) is 0 Å². The van der Waals surface area contributed by atoms with E-state index in [1.54, 1.807) is 6.92 Å². The largest absolute Gasteiger partial charge is 0.462 e. The third-order valence-corrected chi connectivity index (χ3v) is 5.09. The van der Waals surface area contributed by atoms with Gasteiger partial charge < -0.3 is 15.4 Å². The highest BCUT2D eigenvalue weighted by atomic mass is 32.1. The van der Waals surface area contributed by atoms with E-state index in [0.29, 0.717) is 23.0 Å². The first-order chi connectivity index (χ1) is 10.1. The molecule has 1 heterocycles. The Labute approximate surface area is 129 Å². The minimum atomic E-state index is -0.443. The predicted octanol–water partition coefficient (Wildman–Crippen LogP) is 3.01. The van der Waals surface area contributed by atoms with Gasteiger partial charge in [0.2, 0.25) is 0 Å². The highest BCUT2D eigenvalue weighted by molar-refractivity contribution is 7.17. The van der Waals surface area contributed by atoms with Gasteiger partial charge in [-0.2, -0.15) is 5.26 Å². The zero-order valence-electron chi connectivity index (χ0n) is 12.5. The van der Waals surface area contributed by atoms with Gasteiger partial charge in [0.1, 0.15) is 21.5 Å². The van der Waals surface area contributed by atoms with Crippen LogP contribution in [0.3, 0.4) is 0 Å². The molecule has 5 nitrogen and oxygen atoms in total. The zero-order valence-corrected chi connectivity index (χ0v) is 13.3. The Kier molecular flexibility index (Phi) is 5.07. The van der Waals surface area contributed by atoms with Crippen LogP contribution >= 0.6 is 11.3 Å². The number of ether oxygens (including phenoxy) is 1. The molecule has 21 heavy (non-hydrogen) atoms. The molecule has 1 aliphatic rings. The lowest BCUT2D eigenvalue weighted by Gasteiger charge is -2.22. The van der Waals surface area contributed by atoms with Crippen LogP contribution in [0.4, 0.5) is 10.7 Å². The average Bonchev–Trinajstić information content (AvgIpc) is 3.06. The third-order valence-electron chi connectivity index (χ3n) is 3.86. The van der Waals surface area contributed by atoms with Crippen LogP contribution in [0.2, 0.25) is 0 Å². The fourth-order valence-electron chi connectivity index (χ4n) is 2.85. The quantitative estimate of drug-likeness (QED) is 0.846. The molecule has 0 radical (unpaired) electrons. The van der Waals surface area contributed by atoms with E-state index >= 15 is 0 Å². The second-order valence-corrected chi connectivity index (χ2v) is 6.39. The lowest BCUT2D eigenvalue weighted by molar-refractivity contribution is 0.0529. The van der Waals surface area contributed by atoms with Crippen molar-refractivity contribution in [3.8, 4) is 6.07 Å². The first-order valence-electron chi connectivity index (χ1n) is 7.29. The average molecular weight is 307 g/mol. The molecule has 0 spiro atoms. The number of carbonyl (C=O) groups is 1. The van der Waals surface area contributed by atoms with E-state index in [1.165, 1.54) is 37.0 Å². The van der Waals surface area contributed by atoms with Crippen molar-refractivity contribution in [3.63, 3.8) is 0 Å². The van der Waals surface area contributed by atoms with Crippen LogP contribution in [-0.2, 0) is 4.74 Å². The summed E-state index contributed by atoms with van der Waals surface area (Å²) < 4.78 is 5.08. The summed E-state index contributed by atoms with van der Waals surface area (Å²) in [6.45, 7) is 2.94. The molecule has 0 unspecified atom stereocenters. The van der Waals surface area contributed by atoms with Gasteiger partial charge in [-0.25, -0.2) is 4.79 Å². The van der Waals surface area contributed by atoms with Gasteiger partial charge >= 0.3 is 5.97 Å². The summed E-state index contributed by atoms with van der Waals surface area (Å²) in [6.07, 6.45) is 5.01. The molecule has 0 bridgehead atoms. The van der Waals surface area contributed by atoms with Crippen molar-refractivity contribution in [3.05, 3.63) is 10.4 Å². The van der Waals surface area contributed by atoms with Crippen molar-refractivity contribution in [1.82, 2.24) is 0 Å². The summed E-state index contributed by atoms with van der Waals surface area (Å²) in [5, 5.41) is 9.89. The SMILES string of the molecule is CCOC(=O)c1c(N(C)CC2CCCC2)sc(C#N)c1N. The molecule has 0 saturated heterocycles. The summed E-state index contributed by atoms with van der Waals surface area (Å²) in [4.78, 5) is 14.6. The van der Waals surface area contributed by atoms with Crippen LogP contribution in [-0.4, -0.2) is 26.2 Å². The van der Waals surface area contributed by atoms with Crippen molar-refractivity contribution in [2.45, 2.75) is 32.6 Å². The van der Waals surface area contributed by atoms with Crippen molar-refractivity contribution >= 4 is 28.0 Å². The summed E-state index contributed by atoms with van der Waals surface area (Å²) in [5.41, 5.74) is 6.54. The number of esters is 1. The number of anilines is 2. The van der Waals surface area contributed by atoms with E-state index in [1.807, 2.05) is 11.9 Å². The molecule has 114 valence electrons. The lowest BCUT2D eigenvalue weighted by Crippen LogP contribution is -2.25. The number of carbonyl (C=O) groups excluding carboxylic acids is 1. The number of hydrogen-bond acceptors (Lipinski definition) is 6. The van der Waals surface area contributed by atoms with Crippen LogP contribution in [0.1, 0.15) is 47.8 Å². The van der Waals surface area contributed by atoms with E-state index in [2.05, 4.69) is 6.07 Å². The van der Waals surface area contributed by atoms with Gasteiger partial charge in [-0.15, -0.1) is 11.3 Å². The van der Waals surface area contributed by atoms with E-state index in [4.69, 9.17) is 15.7 Å². The minimum absolute atomic E-state index is 0.245. The first kappa shape index (κ1) is 15.6. The Morgan fingerprint density at radius 2 is 2.19 bits per heavy atom. The number of nitrogen functional groups attached to an aromatic ring is 1. The van der Waals surface area contributed by atoms with Gasteiger partial charge in [-0.1, -0.05) is 12.8 Å². The van der Waals surface area contributed by atoms with Gasteiger partial charge in [0, 0.05) is 13.6 Å². The Balaban J connectivity index is 2.28. The fraction of sp³-hybridized carbons (Fsp3) is 0.600. The molecule has 0 aromatic carbocycles.